The van der Waals surface area contributed by atoms with Gasteiger partial charge in [-0.15, -0.1) is 0 Å². The Labute approximate surface area is 430 Å². The Bertz CT molecular complexity index is 3640. The summed E-state index contributed by atoms with van der Waals surface area (Å²) in [5.41, 5.74) is 30.5. The molecular formula is C68H73BN2O. The summed E-state index contributed by atoms with van der Waals surface area (Å²) in [7, 11) is 0. The van der Waals surface area contributed by atoms with Gasteiger partial charge in [0, 0.05) is 39.1 Å². The van der Waals surface area contributed by atoms with Gasteiger partial charge in [-0.25, -0.2) is 0 Å². The molecule has 2 aliphatic heterocycles. The minimum absolute atomic E-state index is 0.0241. The molecule has 8 aromatic rings. The van der Waals surface area contributed by atoms with Crippen molar-refractivity contribution < 1.29 is 4.42 Å². The molecule has 1 aromatic heterocycles. The van der Waals surface area contributed by atoms with Crippen molar-refractivity contribution in [2.24, 2.45) is 0 Å². The number of furan rings is 1. The highest BCUT2D eigenvalue weighted by molar-refractivity contribution is 6.94. The zero-order valence-corrected chi connectivity index (χ0v) is 45.6. The molecule has 0 unspecified atom stereocenters. The molecule has 4 heteroatoms. The second-order valence-corrected chi connectivity index (χ2v) is 26.5. The number of anilines is 5. The number of rotatable bonds is 3. The predicted octanol–water partition coefficient (Wildman–Crippen LogP) is 17.5. The summed E-state index contributed by atoms with van der Waals surface area (Å²) in [6.07, 6.45) is 8.21. The number of hydrogen-bond acceptors (Lipinski definition) is 3. The van der Waals surface area contributed by atoms with Crippen LogP contribution in [-0.2, 0) is 33.5 Å². The molecule has 364 valence electrons. The van der Waals surface area contributed by atoms with E-state index in [1.807, 2.05) is 0 Å². The first-order valence-corrected chi connectivity index (χ1v) is 27.3. The molecule has 0 fully saturated rings. The summed E-state index contributed by atoms with van der Waals surface area (Å²) in [6.45, 7) is 33.9. The van der Waals surface area contributed by atoms with Crippen LogP contribution in [0.4, 0.5) is 28.4 Å². The fraction of sp³-hybridized carbons (Fsp3) is 0.382. The van der Waals surface area contributed by atoms with Crippen molar-refractivity contribution in [3.05, 3.63) is 159 Å². The van der Waals surface area contributed by atoms with Crippen LogP contribution in [0.1, 0.15) is 163 Å². The molecule has 72 heavy (non-hydrogen) atoms. The van der Waals surface area contributed by atoms with Gasteiger partial charge < -0.3 is 14.1 Å². The average Bonchev–Trinajstić information content (AvgIpc) is 3.70. The Morgan fingerprint density at radius 1 is 0.500 bits per heavy atom. The van der Waals surface area contributed by atoms with Crippen LogP contribution in [-0.4, -0.2) is 6.85 Å². The van der Waals surface area contributed by atoms with Crippen LogP contribution in [0.5, 0.6) is 0 Å². The molecule has 3 aliphatic carbocycles. The topological polar surface area (TPSA) is 19.6 Å². The van der Waals surface area contributed by atoms with Crippen molar-refractivity contribution in [1.29, 1.82) is 0 Å². The Kier molecular flexibility index (Phi) is 9.58. The van der Waals surface area contributed by atoms with Crippen molar-refractivity contribution in [1.82, 2.24) is 0 Å². The summed E-state index contributed by atoms with van der Waals surface area (Å²) in [6, 6.07) is 41.6. The minimum Gasteiger partial charge on any atom is -0.454 e. The molecule has 3 heterocycles. The van der Waals surface area contributed by atoms with Crippen LogP contribution >= 0.6 is 0 Å². The van der Waals surface area contributed by atoms with Gasteiger partial charge in [-0.1, -0.05) is 129 Å². The molecular weight excluding hydrogens is 872 g/mol. The first kappa shape index (κ1) is 45.8. The molecule has 13 rings (SSSR count). The van der Waals surface area contributed by atoms with Crippen LogP contribution in [0.2, 0.25) is 0 Å². The number of aryl methyl sites for hydroxylation is 5. The van der Waals surface area contributed by atoms with E-state index in [1.165, 1.54) is 137 Å². The van der Waals surface area contributed by atoms with E-state index in [9.17, 15) is 0 Å². The maximum atomic E-state index is 7.32. The molecule has 5 aliphatic rings. The zero-order valence-electron chi connectivity index (χ0n) is 45.6. The highest BCUT2D eigenvalue weighted by Gasteiger charge is 2.49. The van der Waals surface area contributed by atoms with Crippen molar-refractivity contribution in [2.45, 2.75) is 169 Å². The highest BCUT2D eigenvalue weighted by atomic mass is 16.3. The molecule has 3 nitrogen and oxygen atoms in total. The summed E-state index contributed by atoms with van der Waals surface area (Å²) in [5, 5.41) is 2.32. The summed E-state index contributed by atoms with van der Waals surface area (Å²) in [4.78, 5) is 5.48. The van der Waals surface area contributed by atoms with Gasteiger partial charge in [0.2, 0.25) is 0 Å². The predicted molar refractivity (Wildman–Crippen MR) is 308 cm³/mol. The van der Waals surface area contributed by atoms with Crippen LogP contribution in [0.25, 0.3) is 44.2 Å². The normalized spacial score (nSPS) is 19.3. The summed E-state index contributed by atoms with van der Waals surface area (Å²) >= 11 is 0. The van der Waals surface area contributed by atoms with E-state index in [1.54, 1.807) is 0 Å². The standard InChI is InChI=1S/C68H73BN2O/c1-39-30-41(3)60(42(4)31-39)44-33-49-48-36-53-54(68(13,14)29-28-67(53,11)12)38-57(48)71(45-21-23-50-52(35-45)66(9,10)27-26-65(50,7)8)69-55-24-22-47-46-19-15-16-20-59(46)72-63(47)62(55)70(58(34-44)61(49)69)56-37-51-43(32-40(56)2)18-17-25-64(51,5)6/h15-16,19-24,30-38H,17-18,25-29H2,1-14H3. The molecule has 0 saturated carbocycles. The smallest absolute Gasteiger partial charge is 0.333 e. The van der Waals surface area contributed by atoms with Crippen molar-refractivity contribution >= 4 is 68.1 Å². The lowest BCUT2D eigenvalue weighted by Crippen LogP contribution is -2.61. The van der Waals surface area contributed by atoms with Gasteiger partial charge in [0.25, 0.3) is 0 Å². The van der Waals surface area contributed by atoms with Crippen LogP contribution in [0.15, 0.2) is 108 Å². The van der Waals surface area contributed by atoms with Gasteiger partial charge in [-0.05, 0) is 226 Å². The fourth-order valence-electron chi connectivity index (χ4n) is 15.0. The van der Waals surface area contributed by atoms with E-state index in [2.05, 4.69) is 210 Å². The summed E-state index contributed by atoms with van der Waals surface area (Å²) in [5.74, 6) is 0. The second-order valence-electron chi connectivity index (χ2n) is 26.5. The SMILES string of the molecule is Cc1cc(C)c(-c2cc3c4c(c2)N(c2cc5c(cc2C)CCCC5(C)C)c2c(ccc5c2oc2ccccc25)B4N(c2ccc4c(c2)C(C)(C)CCC4(C)C)c2cc4c(cc2-3)C(C)(C)CCC4(C)C)c(C)c1. The Balaban J connectivity index is 1.22. The molecule has 0 atom stereocenters. The maximum absolute atomic E-state index is 7.32. The summed E-state index contributed by atoms with van der Waals surface area (Å²) < 4.78 is 7.32. The Morgan fingerprint density at radius 2 is 1.12 bits per heavy atom. The van der Waals surface area contributed by atoms with E-state index < -0.39 is 0 Å². The van der Waals surface area contributed by atoms with E-state index >= 15 is 0 Å². The molecule has 0 bridgehead atoms. The van der Waals surface area contributed by atoms with E-state index in [4.69, 9.17) is 4.42 Å². The quantitative estimate of drug-likeness (QED) is 0.165. The Morgan fingerprint density at radius 3 is 1.83 bits per heavy atom. The number of benzene rings is 7. The van der Waals surface area contributed by atoms with Gasteiger partial charge in [0.15, 0.2) is 5.58 Å². The first-order valence-electron chi connectivity index (χ1n) is 27.3. The van der Waals surface area contributed by atoms with Gasteiger partial charge in [0.05, 0.1) is 5.69 Å². The molecule has 0 radical (unpaired) electrons. The number of para-hydroxylation sites is 1. The average molecular weight is 945 g/mol. The molecule has 0 N–H and O–H groups in total. The Hall–Kier alpha value is -6.00. The second kappa shape index (κ2) is 15.1. The van der Waals surface area contributed by atoms with Gasteiger partial charge in [-0.3, -0.25) is 0 Å². The lowest BCUT2D eigenvalue weighted by atomic mass is 9.43. The lowest BCUT2D eigenvalue weighted by Gasteiger charge is -2.49. The van der Waals surface area contributed by atoms with Gasteiger partial charge in [-0.2, -0.15) is 0 Å². The molecule has 0 saturated heterocycles. The van der Waals surface area contributed by atoms with Crippen LogP contribution < -0.4 is 20.6 Å². The third kappa shape index (κ3) is 6.48. The van der Waals surface area contributed by atoms with E-state index in [0.717, 1.165) is 46.9 Å². The zero-order chi connectivity index (χ0) is 50.3. The van der Waals surface area contributed by atoms with Crippen molar-refractivity contribution in [3.8, 4) is 22.3 Å². The molecule has 7 aromatic carbocycles. The van der Waals surface area contributed by atoms with Gasteiger partial charge >= 0.3 is 6.85 Å². The molecule has 0 spiro atoms. The minimum atomic E-state index is -0.148. The van der Waals surface area contributed by atoms with Crippen molar-refractivity contribution in [2.75, 3.05) is 9.71 Å². The number of fused-ring (bicyclic) bond motifs is 11. The highest BCUT2D eigenvalue weighted by Crippen LogP contribution is 2.57. The van der Waals surface area contributed by atoms with Crippen LogP contribution in [0.3, 0.4) is 0 Å². The fourth-order valence-corrected chi connectivity index (χ4v) is 15.0. The molecule has 0 amide bonds. The third-order valence-electron chi connectivity index (χ3n) is 19.2. The van der Waals surface area contributed by atoms with E-state index in [0.29, 0.717) is 0 Å². The lowest BCUT2D eigenvalue weighted by molar-refractivity contribution is 0.332. The number of hydrogen-bond donors (Lipinski definition) is 0. The number of nitrogens with zero attached hydrogens (tertiary/aromatic N) is 2. The monoisotopic (exact) mass is 945 g/mol. The van der Waals surface area contributed by atoms with E-state index in [-0.39, 0.29) is 33.9 Å². The maximum Gasteiger partial charge on any atom is 0.333 e. The largest absolute Gasteiger partial charge is 0.454 e. The third-order valence-corrected chi connectivity index (χ3v) is 19.2. The first-order chi connectivity index (χ1) is 34.0. The van der Waals surface area contributed by atoms with Gasteiger partial charge in [0.1, 0.15) is 5.58 Å². The van der Waals surface area contributed by atoms with Crippen molar-refractivity contribution in [3.63, 3.8) is 0 Å². The van der Waals surface area contributed by atoms with Crippen LogP contribution in [0, 0.1) is 27.7 Å².